The van der Waals surface area contributed by atoms with Crippen molar-refractivity contribution in [3.8, 4) is 0 Å². The van der Waals surface area contributed by atoms with Crippen LogP contribution in [0.5, 0.6) is 0 Å². The molecule has 2 heterocycles. The number of nitrogens with zero attached hydrogens (tertiary/aromatic N) is 1. The van der Waals surface area contributed by atoms with E-state index in [-0.39, 0.29) is 17.5 Å². The first-order chi connectivity index (χ1) is 13.1. The monoisotopic (exact) mass is 366 g/mol. The van der Waals surface area contributed by atoms with Gasteiger partial charge in [0.15, 0.2) is 0 Å². The predicted molar refractivity (Wildman–Crippen MR) is 97.9 cm³/mol. The second-order valence-corrected chi connectivity index (χ2v) is 9.80. The molecule has 7 rings (SSSR count). The molecule has 142 valence electrons. The number of carbonyl (C=O) groups excluding carboxylic acids is 2. The van der Waals surface area contributed by atoms with Crippen LogP contribution in [0.4, 0.5) is 0 Å². The third-order valence-corrected chi connectivity index (χ3v) is 8.28. The van der Waals surface area contributed by atoms with Gasteiger partial charge in [-0.25, -0.2) is 5.48 Å². The lowest BCUT2D eigenvalue weighted by Gasteiger charge is -2.56. The second kappa shape index (κ2) is 5.34. The van der Waals surface area contributed by atoms with E-state index in [0.717, 1.165) is 55.4 Å². The molecular weight excluding hydrogens is 340 g/mol. The topological polar surface area (TPSA) is 69.6 Å². The lowest BCUT2D eigenvalue weighted by Crippen LogP contribution is -2.54. The van der Waals surface area contributed by atoms with Gasteiger partial charge in [-0.3, -0.25) is 14.8 Å². The Hall–Kier alpha value is -1.88. The Bertz CT molecular complexity index is 813. The number of hydrogen-bond acceptors (Lipinski definition) is 3. The average Bonchev–Trinajstić information content (AvgIpc) is 3.22. The van der Waals surface area contributed by atoms with E-state index in [0.29, 0.717) is 11.5 Å². The number of hydroxylamine groups is 1. The molecule has 0 aromatic heterocycles. The summed E-state index contributed by atoms with van der Waals surface area (Å²) in [7, 11) is 0. The molecule has 1 aromatic carbocycles. The Kier molecular flexibility index (Phi) is 3.19. The van der Waals surface area contributed by atoms with Gasteiger partial charge in [0, 0.05) is 5.56 Å². The molecule has 5 nitrogen and oxygen atoms in total. The Morgan fingerprint density at radius 3 is 2.15 bits per heavy atom. The van der Waals surface area contributed by atoms with E-state index in [4.69, 9.17) is 5.21 Å². The minimum Gasteiger partial charge on any atom is -0.328 e. The standard InChI is InChI=1S/C22H26N2O3/c25-20(23-27)15-1-2-16-17(8-15)19-4-3-18(16)24(19)21(26)22-9-12-5-13(10-22)7-14(6-12)11-22/h1-2,8,12-14,18-19,27H,3-7,9-11H2,(H,23,25). The van der Waals surface area contributed by atoms with Crippen LogP contribution in [0.25, 0.3) is 0 Å². The summed E-state index contributed by atoms with van der Waals surface area (Å²) >= 11 is 0. The van der Waals surface area contributed by atoms with Crippen LogP contribution in [0.15, 0.2) is 18.2 Å². The maximum absolute atomic E-state index is 13.9. The van der Waals surface area contributed by atoms with Crippen LogP contribution in [0, 0.1) is 23.2 Å². The van der Waals surface area contributed by atoms with Gasteiger partial charge < -0.3 is 4.90 Å². The largest absolute Gasteiger partial charge is 0.328 e. The molecule has 0 radical (unpaired) electrons. The molecule has 0 spiro atoms. The van der Waals surface area contributed by atoms with Crippen LogP contribution < -0.4 is 5.48 Å². The van der Waals surface area contributed by atoms with Gasteiger partial charge in [-0.05, 0) is 92.4 Å². The predicted octanol–water partition coefficient (Wildman–Crippen LogP) is 3.74. The van der Waals surface area contributed by atoms with Crippen LogP contribution in [0.1, 0.15) is 84.9 Å². The molecule has 2 N–H and O–H groups in total. The molecule has 6 aliphatic rings. The highest BCUT2D eigenvalue weighted by atomic mass is 16.5. The zero-order valence-corrected chi connectivity index (χ0v) is 15.5. The highest BCUT2D eigenvalue weighted by Gasteiger charge is 2.59. The molecule has 5 fully saturated rings. The summed E-state index contributed by atoms with van der Waals surface area (Å²) in [6, 6.07) is 5.92. The number of amides is 2. The minimum atomic E-state index is -0.487. The molecule has 4 saturated carbocycles. The van der Waals surface area contributed by atoms with Crippen molar-refractivity contribution in [1.82, 2.24) is 10.4 Å². The normalized spacial score (nSPS) is 40.3. The smallest absolute Gasteiger partial charge is 0.274 e. The molecule has 27 heavy (non-hydrogen) atoms. The second-order valence-electron chi connectivity index (χ2n) is 9.80. The zero-order valence-electron chi connectivity index (χ0n) is 15.5. The maximum atomic E-state index is 13.9. The van der Waals surface area contributed by atoms with E-state index < -0.39 is 5.91 Å². The molecule has 5 heteroatoms. The van der Waals surface area contributed by atoms with Gasteiger partial charge in [-0.1, -0.05) is 6.07 Å². The Labute approximate surface area is 159 Å². The zero-order chi connectivity index (χ0) is 18.3. The number of rotatable bonds is 2. The van der Waals surface area contributed by atoms with E-state index in [1.54, 1.807) is 11.5 Å². The van der Waals surface area contributed by atoms with Crippen molar-refractivity contribution in [1.29, 1.82) is 0 Å². The SMILES string of the molecule is O=C(NO)c1ccc2c(c1)C1CCC2N1C(=O)C12CC3CC(CC(C3)C1)C2. The lowest BCUT2D eigenvalue weighted by atomic mass is 9.49. The molecule has 2 amide bonds. The fourth-order valence-electron chi connectivity index (χ4n) is 7.72. The number of hydrogen-bond donors (Lipinski definition) is 2. The first kappa shape index (κ1) is 16.1. The number of nitrogens with one attached hydrogen (secondary N) is 1. The Morgan fingerprint density at radius 1 is 0.963 bits per heavy atom. The molecule has 1 aromatic rings. The first-order valence-electron chi connectivity index (χ1n) is 10.5. The summed E-state index contributed by atoms with van der Waals surface area (Å²) in [5.41, 5.74) is 4.40. The van der Waals surface area contributed by atoms with Crippen LogP contribution in [-0.4, -0.2) is 21.9 Å². The van der Waals surface area contributed by atoms with E-state index in [1.807, 2.05) is 12.1 Å². The van der Waals surface area contributed by atoms with Crippen molar-refractivity contribution in [2.24, 2.45) is 23.2 Å². The van der Waals surface area contributed by atoms with Crippen molar-refractivity contribution >= 4 is 11.8 Å². The van der Waals surface area contributed by atoms with Crippen LogP contribution >= 0.6 is 0 Å². The molecule has 2 atom stereocenters. The minimum absolute atomic E-state index is 0.108. The fraction of sp³-hybridized carbons (Fsp3) is 0.636. The fourth-order valence-corrected chi connectivity index (χ4v) is 7.72. The highest BCUT2D eigenvalue weighted by Crippen LogP contribution is 2.63. The molecular formula is C22H26N2O3. The number of benzene rings is 1. The van der Waals surface area contributed by atoms with Gasteiger partial charge in [-0.15, -0.1) is 0 Å². The van der Waals surface area contributed by atoms with E-state index in [1.165, 1.54) is 24.8 Å². The molecule has 2 aliphatic heterocycles. The Balaban J connectivity index is 1.35. The van der Waals surface area contributed by atoms with Crippen LogP contribution in [0.2, 0.25) is 0 Å². The quantitative estimate of drug-likeness (QED) is 0.619. The first-order valence-corrected chi connectivity index (χ1v) is 10.5. The summed E-state index contributed by atoms with van der Waals surface area (Å²) < 4.78 is 0. The summed E-state index contributed by atoms with van der Waals surface area (Å²) in [6.45, 7) is 0. The summed E-state index contributed by atoms with van der Waals surface area (Å²) in [5.74, 6) is 2.21. The van der Waals surface area contributed by atoms with Crippen molar-refractivity contribution in [2.45, 2.75) is 63.5 Å². The number of carbonyl (C=O) groups is 2. The van der Waals surface area contributed by atoms with E-state index in [9.17, 15) is 9.59 Å². The Morgan fingerprint density at radius 2 is 1.56 bits per heavy atom. The number of fused-ring (bicyclic) bond motifs is 5. The average molecular weight is 366 g/mol. The van der Waals surface area contributed by atoms with Gasteiger partial charge in [-0.2, -0.15) is 0 Å². The van der Waals surface area contributed by atoms with Gasteiger partial charge in [0.25, 0.3) is 5.91 Å². The lowest BCUT2D eigenvalue weighted by molar-refractivity contribution is -0.160. The van der Waals surface area contributed by atoms with Crippen LogP contribution in [0.3, 0.4) is 0 Å². The van der Waals surface area contributed by atoms with Crippen molar-refractivity contribution < 1.29 is 14.8 Å². The third-order valence-electron chi connectivity index (χ3n) is 8.28. The maximum Gasteiger partial charge on any atom is 0.274 e. The van der Waals surface area contributed by atoms with E-state index >= 15 is 0 Å². The summed E-state index contributed by atoms with van der Waals surface area (Å²) in [6.07, 6.45) is 9.35. The van der Waals surface area contributed by atoms with Crippen LogP contribution in [-0.2, 0) is 4.79 Å². The summed E-state index contributed by atoms with van der Waals surface area (Å²) in [4.78, 5) is 27.9. The van der Waals surface area contributed by atoms with Gasteiger partial charge >= 0.3 is 0 Å². The highest BCUT2D eigenvalue weighted by molar-refractivity contribution is 5.94. The van der Waals surface area contributed by atoms with Gasteiger partial charge in [0.05, 0.1) is 17.5 Å². The molecule has 2 unspecified atom stereocenters. The van der Waals surface area contributed by atoms with E-state index in [2.05, 4.69) is 4.90 Å². The van der Waals surface area contributed by atoms with Gasteiger partial charge in [0.1, 0.15) is 0 Å². The van der Waals surface area contributed by atoms with Crippen molar-refractivity contribution in [3.63, 3.8) is 0 Å². The van der Waals surface area contributed by atoms with Crippen molar-refractivity contribution in [3.05, 3.63) is 34.9 Å². The molecule has 4 aliphatic carbocycles. The van der Waals surface area contributed by atoms with Crippen molar-refractivity contribution in [2.75, 3.05) is 0 Å². The molecule has 6 bridgehead atoms. The molecule has 1 saturated heterocycles. The summed E-state index contributed by atoms with van der Waals surface area (Å²) in [5, 5.41) is 8.94. The third kappa shape index (κ3) is 2.09. The van der Waals surface area contributed by atoms with Gasteiger partial charge in [0.2, 0.25) is 5.91 Å².